The molecule has 4 aromatic carbocycles. The zero-order valence-electron chi connectivity index (χ0n) is 27.8. The Bertz CT molecular complexity index is 2100. The lowest BCUT2D eigenvalue weighted by Crippen LogP contribution is -2.76. The van der Waals surface area contributed by atoms with Crippen molar-refractivity contribution >= 4 is 34.4 Å². The van der Waals surface area contributed by atoms with Gasteiger partial charge in [-0.1, -0.05) is 86.3 Å². The number of nitrogens with zero attached hydrogens (tertiary/aromatic N) is 7. The SMILES string of the molecule is C.CN1CC(=O)N2[C@@H](Cc3ccc(O)cc3)C(=O)N(Cc3cccc4cnn(Cc5ccccc5[N+](=O)[O-])c34)C[C@@H]2N1C(=O)NCc1ccccc1. The number of hydrogen-bond donors (Lipinski definition) is 2. The maximum absolute atomic E-state index is 14.5. The fourth-order valence-corrected chi connectivity index (χ4v) is 7.01. The molecule has 1 aromatic heterocycles. The van der Waals surface area contributed by atoms with Gasteiger partial charge in [0, 0.05) is 38.0 Å². The number of hydrazine groups is 1. The maximum Gasteiger partial charge on any atom is 0.334 e. The minimum absolute atomic E-state index is 0. The molecule has 2 atom stereocenters. The quantitative estimate of drug-likeness (QED) is 0.168. The predicted octanol–water partition coefficient (Wildman–Crippen LogP) is 4.51. The van der Waals surface area contributed by atoms with Crippen molar-refractivity contribution in [3.05, 3.63) is 136 Å². The maximum atomic E-state index is 14.5. The van der Waals surface area contributed by atoms with Gasteiger partial charge in [-0.25, -0.2) is 14.8 Å². The summed E-state index contributed by atoms with van der Waals surface area (Å²) in [5.41, 5.74) is 3.60. The number of urea groups is 1. The van der Waals surface area contributed by atoms with E-state index in [2.05, 4.69) is 10.4 Å². The van der Waals surface area contributed by atoms with Crippen molar-refractivity contribution in [1.82, 2.24) is 34.9 Å². The zero-order valence-corrected chi connectivity index (χ0v) is 27.8. The molecule has 14 nitrogen and oxygen atoms in total. The molecule has 14 heteroatoms. The van der Waals surface area contributed by atoms with Gasteiger partial charge in [-0.15, -0.1) is 0 Å². The molecule has 7 rings (SSSR count). The third-order valence-corrected chi connectivity index (χ3v) is 9.41. The van der Waals surface area contributed by atoms with Gasteiger partial charge in [0.05, 0.1) is 41.8 Å². The molecule has 3 heterocycles. The Morgan fingerprint density at radius 3 is 2.38 bits per heavy atom. The molecule has 0 spiro atoms. The second-order valence-electron chi connectivity index (χ2n) is 12.7. The van der Waals surface area contributed by atoms with Gasteiger partial charge < -0.3 is 20.2 Å². The lowest BCUT2D eigenvalue weighted by Gasteiger charge is -2.54. The van der Waals surface area contributed by atoms with Crippen LogP contribution in [-0.2, 0) is 35.6 Å². The van der Waals surface area contributed by atoms with Crippen LogP contribution in [0.4, 0.5) is 10.5 Å². The Balaban J connectivity index is 0.00000464. The van der Waals surface area contributed by atoms with Crippen molar-refractivity contribution in [2.75, 3.05) is 20.1 Å². The highest BCUT2D eigenvalue weighted by atomic mass is 16.6. The van der Waals surface area contributed by atoms with E-state index >= 15 is 0 Å². The summed E-state index contributed by atoms with van der Waals surface area (Å²) in [6.07, 6.45) is 1.04. The molecule has 2 aliphatic heterocycles. The average molecular weight is 705 g/mol. The Morgan fingerprint density at radius 2 is 1.63 bits per heavy atom. The summed E-state index contributed by atoms with van der Waals surface area (Å²) in [7, 11) is 1.68. The molecule has 2 N–H and O–H groups in total. The number of carbonyl (C=O) groups is 3. The monoisotopic (exact) mass is 704 g/mol. The van der Waals surface area contributed by atoms with Gasteiger partial charge in [0.15, 0.2) is 0 Å². The first-order valence-corrected chi connectivity index (χ1v) is 16.5. The number of likely N-dealkylation sites (N-methyl/N-ethyl adjacent to an activating group) is 1. The first kappa shape index (κ1) is 35.5. The minimum atomic E-state index is -0.935. The molecular weight excluding hydrogens is 664 g/mol. The molecule has 52 heavy (non-hydrogen) atoms. The van der Waals surface area contributed by atoms with Crippen LogP contribution in [0.5, 0.6) is 5.75 Å². The molecular formula is C38H40N8O6. The van der Waals surface area contributed by atoms with E-state index in [1.165, 1.54) is 28.1 Å². The van der Waals surface area contributed by atoms with Crippen LogP contribution in [0, 0.1) is 10.1 Å². The van der Waals surface area contributed by atoms with Gasteiger partial charge in [0.25, 0.3) is 5.69 Å². The lowest BCUT2D eigenvalue weighted by atomic mass is 9.98. The van der Waals surface area contributed by atoms with Crippen LogP contribution >= 0.6 is 0 Å². The summed E-state index contributed by atoms with van der Waals surface area (Å²) < 4.78 is 1.70. The van der Waals surface area contributed by atoms with Crippen LogP contribution in [0.2, 0.25) is 0 Å². The molecule has 0 bridgehead atoms. The Kier molecular flexibility index (Phi) is 10.2. The van der Waals surface area contributed by atoms with E-state index in [0.29, 0.717) is 5.56 Å². The number of piperazine rings is 1. The van der Waals surface area contributed by atoms with Crippen molar-refractivity contribution in [2.24, 2.45) is 0 Å². The average Bonchev–Trinajstić information content (AvgIpc) is 3.54. The van der Waals surface area contributed by atoms with Crippen LogP contribution in [-0.4, -0.2) is 89.8 Å². The van der Waals surface area contributed by atoms with Crippen molar-refractivity contribution < 1.29 is 24.4 Å². The number of fused-ring (bicyclic) bond motifs is 2. The van der Waals surface area contributed by atoms with E-state index in [9.17, 15) is 29.6 Å². The second-order valence-corrected chi connectivity index (χ2v) is 12.7. The second kappa shape index (κ2) is 14.9. The number of nitro benzene ring substituents is 1. The number of phenolic OH excluding ortho intramolecular Hbond substituents is 1. The lowest BCUT2D eigenvalue weighted by molar-refractivity contribution is -0.385. The van der Waals surface area contributed by atoms with Crippen LogP contribution < -0.4 is 5.32 Å². The summed E-state index contributed by atoms with van der Waals surface area (Å²) >= 11 is 0. The zero-order chi connectivity index (χ0) is 35.6. The number of aromatic hydroxyl groups is 1. The van der Waals surface area contributed by atoms with E-state index in [1.807, 2.05) is 48.5 Å². The van der Waals surface area contributed by atoms with Gasteiger partial charge in [0.1, 0.15) is 18.0 Å². The van der Waals surface area contributed by atoms with E-state index in [0.717, 1.165) is 27.6 Å². The number of nitro groups is 1. The van der Waals surface area contributed by atoms with Crippen LogP contribution in [0.15, 0.2) is 103 Å². The fraction of sp³-hybridized carbons (Fsp3) is 0.263. The molecule has 0 unspecified atom stereocenters. The highest BCUT2D eigenvalue weighted by Crippen LogP contribution is 2.31. The summed E-state index contributed by atoms with van der Waals surface area (Å²) in [6, 6.07) is 26.8. The molecule has 4 amide bonds. The van der Waals surface area contributed by atoms with Crippen LogP contribution in [0.1, 0.15) is 29.7 Å². The number of aromatic nitrogens is 2. The summed E-state index contributed by atoms with van der Waals surface area (Å²) in [4.78, 5) is 56.6. The fourth-order valence-electron chi connectivity index (χ4n) is 7.01. The van der Waals surface area contributed by atoms with Crippen molar-refractivity contribution in [2.45, 2.75) is 45.7 Å². The first-order chi connectivity index (χ1) is 24.7. The van der Waals surface area contributed by atoms with Gasteiger partial charge in [-0.2, -0.15) is 5.10 Å². The number of hydrogen-bond acceptors (Lipinski definition) is 8. The Morgan fingerprint density at radius 1 is 0.923 bits per heavy atom. The normalized spacial score (nSPS) is 17.5. The summed E-state index contributed by atoms with van der Waals surface area (Å²) in [5.74, 6) is -0.490. The number of carbonyl (C=O) groups excluding carboxylic acids is 3. The molecule has 0 radical (unpaired) electrons. The molecule has 2 fully saturated rings. The highest BCUT2D eigenvalue weighted by molar-refractivity contribution is 5.92. The van der Waals surface area contributed by atoms with Crippen LogP contribution in [0.3, 0.4) is 0 Å². The van der Waals surface area contributed by atoms with Crippen molar-refractivity contribution in [3.63, 3.8) is 0 Å². The van der Waals surface area contributed by atoms with Crippen molar-refractivity contribution in [1.29, 1.82) is 0 Å². The summed E-state index contributed by atoms with van der Waals surface area (Å²) in [6.45, 7) is 0.482. The molecule has 0 aliphatic carbocycles. The molecule has 2 aliphatic rings. The topological polar surface area (TPSA) is 157 Å². The van der Waals surface area contributed by atoms with Gasteiger partial charge in [-0.3, -0.25) is 24.4 Å². The molecule has 0 saturated carbocycles. The van der Waals surface area contributed by atoms with E-state index in [1.54, 1.807) is 58.2 Å². The number of phenols is 1. The number of amides is 4. The Labute approximate surface area is 300 Å². The predicted molar refractivity (Wildman–Crippen MR) is 193 cm³/mol. The summed E-state index contributed by atoms with van der Waals surface area (Å²) in [5, 5.41) is 33.1. The standard InChI is InChI=1S/C37H36N8O6.CH4/c1-40-24-34(47)43-32(18-25-14-16-30(46)17-15-25)36(48)41(23-33(43)44(40)37(49)38-19-26-8-3-2-4-9-26)21-29-12-7-11-27-20-39-42(35(27)29)22-28-10-5-6-13-31(28)45(50)51;/h2-17,20,32-33,46H,18-19,21-24H2,1H3,(H,38,49);1H4/t32-,33-;/m0./s1. The van der Waals surface area contributed by atoms with E-state index < -0.39 is 23.2 Å². The number of para-hydroxylation sites is 2. The molecule has 2 saturated heterocycles. The number of rotatable bonds is 9. The molecule has 268 valence electrons. The van der Waals surface area contributed by atoms with Gasteiger partial charge >= 0.3 is 6.03 Å². The third-order valence-electron chi connectivity index (χ3n) is 9.41. The Hall–Kier alpha value is -6.28. The highest BCUT2D eigenvalue weighted by Gasteiger charge is 2.50. The number of benzene rings is 4. The first-order valence-electron chi connectivity index (χ1n) is 16.5. The minimum Gasteiger partial charge on any atom is -0.508 e. The molecule has 5 aromatic rings. The van der Waals surface area contributed by atoms with E-state index in [-0.39, 0.29) is 69.8 Å². The van der Waals surface area contributed by atoms with Gasteiger partial charge in [-0.05, 0) is 28.8 Å². The smallest absolute Gasteiger partial charge is 0.334 e. The van der Waals surface area contributed by atoms with E-state index in [4.69, 9.17) is 0 Å². The number of nitrogens with one attached hydrogen (secondary N) is 1. The van der Waals surface area contributed by atoms with Crippen LogP contribution in [0.25, 0.3) is 10.9 Å². The largest absolute Gasteiger partial charge is 0.508 e. The van der Waals surface area contributed by atoms with Gasteiger partial charge in [0.2, 0.25) is 11.8 Å². The van der Waals surface area contributed by atoms with Crippen molar-refractivity contribution in [3.8, 4) is 5.75 Å². The third kappa shape index (κ3) is 7.01.